The molecule has 6 heteroatoms. The Bertz CT molecular complexity index is 936. The third kappa shape index (κ3) is 5.66. The molecular formula is C25H31N3O3. The molecule has 1 aliphatic heterocycles. The summed E-state index contributed by atoms with van der Waals surface area (Å²) in [5.41, 5.74) is 4.12. The molecule has 2 aromatic rings. The van der Waals surface area contributed by atoms with E-state index in [1.54, 1.807) is 6.92 Å². The van der Waals surface area contributed by atoms with Gasteiger partial charge in [-0.25, -0.2) is 9.59 Å². The topological polar surface area (TPSA) is 70.7 Å². The van der Waals surface area contributed by atoms with Crippen LogP contribution in [0.1, 0.15) is 44.9 Å². The van der Waals surface area contributed by atoms with Gasteiger partial charge in [-0.3, -0.25) is 0 Å². The van der Waals surface area contributed by atoms with Crippen LogP contribution < -0.4 is 15.5 Å². The largest absolute Gasteiger partial charge is 0.462 e. The Balaban J connectivity index is 1.82. The highest BCUT2D eigenvalue weighted by Crippen LogP contribution is 2.29. The maximum absolute atomic E-state index is 12.7. The van der Waals surface area contributed by atoms with Gasteiger partial charge in [0, 0.05) is 24.5 Å². The summed E-state index contributed by atoms with van der Waals surface area (Å²) in [6.07, 6.45) is 0. The predicted octanol–water partition coefficient (Wildman–Crippen LogP) is 4.54. The Morgan fingerprint density at radius 1 is 1.10 bits per heavy atom. The second kappa shape index (κ2) is 10.2. The van der Waals surface area contributed by atoms with Crippen LogP contribution in [0.2, 0.25) is 0 Å². The number of ether oxygens (including phenoxy) is 1. The van der Waals surface area contributed by atoms with E-state index in [1.165, 1.54) is 5.56 Å². The Labute approximate surface area is 184 Å². The zero-order valence-electron chi connectivity index (χ0n) is 18.6. The minimum Gasteiger partial charge on any atom is -0.462 e. The summed E-state index contributed by atoms with van der Waals surface area (Å²) in [7, 11) is 0. The Hall–Kier alpha value is -3.28. The molecule has 0 aliphatic carbocycles. The van der Waals surface area contributed by atoms with Gasteiger partial charge in [0.2, 0.25) is 0 Å². The Morgan fingerprint density at radius 2 is 1.77 bits per heavy atom. The molecule has 3 rings (SSSR count). The molecule has 0 spiro atoms. The average molecular weight is 422 g/mol. The first-order chi connectivity index (χ1) is 14.9. The summed E-state index contributed by atoms with van der Waals surface area (Å²) in [6.45, 7) is 9.83. The summed E-state index contributed by atoms with van der Waals surface area (Å²) in [5, 5.41) is 5.55. The third-order valence-corrected chi connectivity index (χ3v) is 5.23. The first-order valence-corrected chi connectivity index (χ1v) is 10.7. The number of nitrogens with zero attached hydrogens (tertiary/aromatic N) is 1. The molecule has 6 nitrogen and oxygen atoms in total. The van der Waals surface area contributed by atoms with Crippen LogP contribution in [0.4, 0.5) is 10.5 Å². The summed E-state index contributed by atoms with van der Waals surface area (Å²) >= 11 is 0. The lowest BCUT2D eigenvalue weighted by molar-refractivity contribution is -0.140. The second-order valence-electron chi connectivity index (χ2n) is 8.15. The van der Waals surface area contributed by atoms with E-state index in [0.29, 0.717) is 17.9 Å². The fourth-order valence-corrected chi connectivity index (χ4v) is 3.60. The normalized spacial score (nSPS) is 16.0. The van der Waals surface area contributed by atoms with Gasteiger partial charge in [0.1, 0.15) is 0 Å². The molecular weight excluding hydrogens is 390 g/mol. The molecule has 1 aliphatic rings. The number of rotatable bonds is 8. The van der Waals surface area contributed by atoms with E-state index in [4.69, 9.17) is 4.74 Å². The molecule has 2 aromatic carbocycles. The molecule has 2 N–H and O–H groups in total. The minimum absolute atomic E-state index is 0.235. The minimum atomic E-state index is -0.549. The van der Waals surface area contributed by atoms with Crippen LogP contribution in [-0.4, -0.2) is 25.2 Å². The first-order valence-electron chi connectivity index (χ1n) is 10.7. The number of esters is 1. The van der Waals surface area contributed by atoms with Crippen molar-refractivity contribution in [3.8, 4) is 0 Å². The highest BCUT2D eigenvalue weighted by molar-refractivity contribution is 5.95. The number of amides is 2. The zero-order chi connectivity index (χ0) is 22.4. The van der Waals surface area contributed by atoms with Gasteiger partial charge < -0.3 is 20.3 Å². The number of allylic oxidation sites excluding steroid dienone is 1. The molecule has 0 fully saturated rings. The van der Waals surface area contributed by atoms with Crippen molar-refractivity contribution >= 4 is 17.7 Å². The van der Waals surface area contributed by atoms with E-state index >= 15 is 0 Å². The maximum atomic E-state index is 12.7. The number of nitrogens with one attached hydrogen (secondary N) is 2. The molecule has 31 heavy (non-hydrogen) atoms. The van der Waals surface area contributed by atoms with Crippen LogP contribution in [0.25, 0.3) is 0 Å². The monoisotopic (exact) mass is 421 g/mol. The lowest BCUT2D eigenvalue weighted by Crippen LogP contribution is -2.45. The van der Waals surface area contributed by atoms with Crippen LogP contribution in [0, 0.1) is 5.92 Å². The maximum Gasteiger partial charge on any atom is 0.338 e. The van der Waals surface area contributed by atoms with E-state index in [9.17, 15) is 9.59 Å². The van der Waals surface area contributed by atoms with Crippen molar-refractivity contribution in [2.45, 2.75) is 40.3 Å². The van der Waals surface area contributed by atoms with Gasteiger partial charge >= 0.3 is 12.0 Å². The van der Waals surface area contributed by atoms with Crippen LogP contribution in [0.15, 0.2) is 65.9 Å². The predicted molar refractivity (Wildman–Crippen MR) is 123 cm³/mol. The van der Waals surface area contributed by atoms with Gasteiger partial charge in [0.25, 0.3) is 0 Å². The third-order valence-electron chi connectivity index (χ3n) is 5.23. The van der Waals surface area contributed by atoms with Crippen molar-refractivity contribution in [2.75, 3.05) is 18.1 Å². The second-order valence-corrected chi connectivity index (χ2v) is 8.15. The van der Waals surface area contributed by atoms with E-state index in [-0.39, 0.29) is 11.9 Å². The number of hydrogen-bond acceptors (Lipinski definition) is 4. The van der Waals surface area contributed by atoms with E-state index in [2.05, 4.69) is 34.6 Å². The Morgan fingerprint density at radius 3 is 2.39 bits per heavy atom. The molecule has 2 amide bonds. The lowest BCUT2D eigenvalue weighted by Gasteiger charge is -2.29. The number of urea groups is 1. The van der Waals surface area contributed by atoms with Crippen molar-refractivity contribution in [1.82, 2.24) is 10.6 Å². The zero-order valence-corrected chi connectivity index (χ0v) is 18.6. The first kappa shape index (κ1) is 22.4. The molecule has 1 atom stereocenters. The van der Waals surface area contributed by atoms with Crippen molar-refractivity contribution in [1.29, 1.82) is 0 Å². The lowest BCUT2D eigenvalue weighted by atomic mass is 9.95. The SMILES string of the molecule is CCN(Cc1ccccc1)c1ccc(C2NC(=O)NC(C)=C2C(=O)OCC(C)C)cc1. The molecule has 0 radical (unpaired) electrons. The summed E-state index contributed by atoms with van der Waals surface area (Å²) in [6, 6.07) is 17.4. The quantitative estimate of drug-likeness (QED) is 0.614. The van der Waals surface area contributed by atoms with Gasteiger partial charge in [0.15, 0.2) is 0 Å². The van der Waals surface area contributed by atoms with Gasteiger partial charge in [-0.1, -0.05) is 56.3 Å². The highest BCUT2D eigenvalue weighted by Gasteiger charge is 2.32. The smallest absolute Gasteiger partial charge is 0.338 e. The molecule has 0 saturated heterocycles. The van der Waals surface area contributed by atoms with Gasteiger partial charge in [-0.2, -0.15) is 0 Å². The summed E-state index contributed by atoms with van der Waals surface area (Å²) in [5.74, 6) is -0.176. The number of hydrogen-bond donors (Lipinski definition) is 2. The fraction of sp³-hybridized carbons (Fsp3) is 0.360. The number of benzene rings is 2. The molecule has 0 bridgehead atoms. The van der Waals surface area contributed by atoms with E-state index in [0.717, 1.165) is 24.3 Å². The van der Waals surface area contributed by atoms with Crippen molar-refractivity contribution in [2.24, 2.45) is 5.92 Å². The number of carbonyl (C=O) groups is 2. The van der Waals surface area contributed by atoms with E-state index < -0.39 is 12.0 Å². The number of anilines is 1. The fourth-order valence-electron chi connectivity index (χ4n) is 3.60. The van der Waals surface area contributed by atoms with Gasteiger partial charge in [-0.15, -0.1) is 0 Å². The molecule has 1 heterocycles. The van der Waals surface area contributed by atoms with E-state index in [1.807, 2.05) is 56.3 Å². The molecule has 164 valence electrons. The highest BCUT2D eigenvalue weighted by atomic mass is 16.5. The Kier molecular flexibility index (Phi) is 7.34. The molecule has 1 unspecified atom stereocenters. The van der Waals surface area contributed by atoms with Gasteiger partial charge in [-0.05, 0) is 43.0 Å². The van der Waals surface area contributed by atoms with Crippen molar-refractivity contribution in [3.05, 3.63) is 77.0 Å². The van der Waals surface area contributed by atoms with Crippen LogP contribution in [-0.2, 0) is 16.1 Å². The van der Waals surface area contributed by atoms with Crippen LogP contribution >= 0.6 is 0 Å². The van der Waals surface area contributed by atoms with Crippen LogP contribution in [0.3, 0.4) is 0 Å². The summed E-state index contributed by atoms with van der Waals surface area (Å²) < 4.78 is 5.45. The standard InChI is InChI=1S/C25H31N3O3/c1-5-28(15-19-9-7-6-8-10-19)21-13-11-20(12-14-21)23-22(18(4)26-25(30)27-23)24(29)31-16-17(2)3/h6-14,17,23H,5,15-16H2,1-4H3,(H2,26,27,30). The number of carbonyl (C=O) groups excluding carboxylic acids is 2. The van der Waals surface area contributed by atoms with Gasteiger partial charge in [0.05, 0.1) is 18.2 Å². The average Bonchev–Trinajstić information content (AvgIpc) is 2.76. The summed E-state index contributed by atoms with van der Waals surface area (Å²) in [4.78, 5) is 27.1. The van der Waals surface area contributed by atoms with Crippen LogP contribution in [0.5, 0.6) is 0 Å². The van der Waals surface area contributed by atoms with Crippen molar-refractivity contribution < 1.29 is 14.3 Å². The molecule has 0 aromatic heterocycles. The molecule has 0 saturated carbocycles. The van der Waals surface area contributed by atoms with Crippen molar-refractivity contribution in [3.63, 3.8) is 0 Å².